The summed E-state index contributed by atoms with van der Waals surface area (Å²) in [7, 11) is 0. The van der Waals surface area contributed by atoms with Gasteiger partial charge in [0.2, 0.25) is 11.1 Å². The van der Waals surface area contributed by atoms with Crippen LogP contribution in [0.3, 0.4) is 0 Å². The number of nitrogens with zero attached hydrogens (tertiary/aromatic N) is 4. The zero-order valence-corrected chi connectivity index (χ0v) is 15.4. The van der Waals surface area contributed by atoms with Gasteiger partial charge in [-0.05, 0) is 19.1 Å². The normalized spacial score (nSPS) is 12.2. The van der Waals surface area contributed by atoms with E-state index in [0.29, 0.717) is 16.3 Å². The monoisotopic (exact) mass is 394 g/mol. The van der Waals surface area contributed by atoms with Gasteiger partial charge in [0, 0.05) is 17.0 Å². The lowest BCUT2D eigenvalue weighted by Crippen LogP contribution is -2.23. The van der Waals surface area contributed by atoms with Gasteiger partial charge in [-0.25, -0.2) is 4.98 Å². The molecule has 0 fully saturated rings. The quantitative estimate of drug-likeness (QED) is 0.301. The number of thioether (sulfide) groups is 1. The Bertz CT molecular complexity index is 1210. The van der Waals surface area contributed by atoms with E-state index in [-0.39, 0.29) is 17.3 Å². The predicted octanol–water partition coefficient (Wildman–Crippen LogP) is 3.53. The van der Waals surface area contributed by atoms with Crippen LogP contribution in [0.5, 0.6) is 0 Å². The maximum Gasteiger partial charge on any atom is 0.292 e. The standard InChI is InChI=1S/C18H14N6O3S/c1-10(17(25)20-13-8-4-5-9-14(13)24(26)27)28-18-21-16-15(22-23-18)11-6-2-3-7-12(11)19-16/h2-10H,1H3,(H,20,25)(H,19,21,23)/t10-/m1/s1. The minimum absolute atomic E-state index is 0.148. The van der Waals surface area contributed by atoms with Crippen LogP contribution < -0.4 is 5.32 Å². The van der Waals surface area contributed by atoms with Crippen molar-refractivity contribution in [2.24, 2.45) is 0 Å². The summed E-state index contributed by atoms with van der Waals surface area (Å²) in [5.74, 6) is -0.389. The highest BCUT2D eigenvalue weighted by molar-refractivity contribution is 8.00. The van der Waals surface area contributed by atoms with Crippen LogP contribution in [-0.2, 0) is 4.79 Å². The number of H-pyrrole nitrogens is 1. The number of aromatic nitrogens is 4. The van der Waals surface area contributed by atoms with Gasteiger partial charge in [0.05, 0.1) is 10.2 Å². The Balaban J connectivity index is 1.53. The highest BCUT2D eigenvalue weighted by Crippen LogP contribution is 2.27. The summed E-state index contributed by atoms with van der Waals surface area (Å²) in [6.07, 6.45) is 0. The molecule has 0 spiro atoms. The van der Waals surface area contributed by atoms with E-state index in [2.05, 4.69) is 25.5 Å². The molecule has 9 nitrogen and oxygen atoms in total. The van der Waals surface area contributed by atoms with E-state index >= 15 is 0 Å². The number of carbonyl (C=O) groups is 1. The van der Waals surface area contributed by atoms with E-state index in [1.165, 1.54) is 12.1 Å². The summed E-state index contributed by atoms with van der Waals surface area (Å²) in [5, 5.41) is 22.7. The summed E-state index contributed by atoms with van der Waals surface area (Å²) in [4.78, 5) is 30.6. The number of hydrogen-bond acceptors (Lipinski definition) is 7. The number of nitro benzene ring substituents is 1. The smallest absolute Gasteiger partial charge is 0.292 e. The zero-order valence-electron chi connectivity index (χ0n) is 14.6. The molecule has 4 aromatic rings. The minimum Gasteiger partial charge on any atom is -0.338 e. The Kier molecular flexibility index (Phi) is 4.62. The third kappa shape index (κ3) is 3.37. The van der Waals surface area contributed by atoms with Crippen LogP contribution in [0.1, 0.15) is 6.92 Å². The Morgan fingerprint density at radius 1 is 1.18 bits per heavy atom. The van der Waals surface area contributed by atoms with E-state index in [0.717, 1.165) is 22.7 Å². The topological polar surface area (TPSA) is 127 Å². The number of amides is 1. The fraction of sp³-hybridized carbons (Fsp3) is 0.111. The number of nitro groups is 1. The Morgan fingerprint density at radius 2 is 1.93 bits per heavy atom. The van der Waals surface area contributed by atoms with Crippen LogP contribution in [0.25, 0.3) is 22.1 Å². The van der Waals surface area contributed by atoms with Crippen molar-refractivity contribution in [3.63, 3.8) is 0 Å². The Morgan fingerprint density at radius 3 is 2.75 bits per heavy atom. The van der Waals surface area contributed by atoms with Crippen molar-refractivity contribution in [2.75, 3.05) is 5.32 Å². The molecule has 1 atom stereocenters. The molecule has 0 aliphatic heterocycles. The molecule has 0 radical (unpaired) electrons. The van der Waals surface area contributed by atoms with Crippen molar-refractivity contribution < 1.29 is 9.72 Å². The molecule has 0 aliphatic carbocycles. The van der Waals surface area contributed by atoms with Crippen LogP contribution in [0.2, 0.25) is 0 Å². The van der Waals surface area contributed by atoms with E-state index < -0.39 is 10.2 Å². The van der Waals surface area contributed by atoms with Gasteiger partial charge in [-0.2, -0.15) is 0 Å². The molecule has 4 rings (SSSR count). The van der Waals surface area contributed by atoms with Crippen molar-refractivity contribution in [3.8, 4) is 0 Å². The molecule has 1 amide bonds. The molecule has 0 aliphatic rings. The fourth-order valence-electron chi connectivity index (χ4n) is 2.74. The third-order valence-electron chi connectivity index (χ3n) is 4.11. The van der Waals surface area contributed by atoms with Crippen molar-refractivity contribution in [2.45, 2.75) is 17.3 Å². The van der Waals surface area contributed by atoms with Gasteiger partial charge < -0.3 is 10.3 Å². The van der Waals surface area contributed by atoms with Crippen molar-refractivity contribution >= 4 is 51.1 Å². The van der Waals surface area contributed by atoms with Crippen LogP contribution in [0, 0.1) is 10.1 Å². The number of nitrogens with one attached hydrogen (secondary N) is 2. The summed E-state index contributed by atoms with van der Waals surface area (Å²) in [6, 6.07) is 13.7. The molecular weight excluding hydrogens is 380 g/mol. The molecule has 0 unspecified atom stereocenters. The summed E-state index contributed by atoms with van der Waals surface area (Å²) >= 11 is 1.12. The van der Waals surface area contributed by atoms with Crippen molar-refractivity contribution in [1.82, 2.24) is 20.2 Å². The lowest BCUT2D eigenvalue weighted by Gasteiger charge is -2.10. The van der Waals surface area contributed by atoms with E-state index in [4.69, 9.17) is 0 Å². The zero-order chi connectivity index (χ0) is 19.7. The van der Waals surface area contributed by atoms with E-state index in [9.17, 15) is 14.9 Å². The summed E-state index contributed by atoms with van der Waals surface area (Å²) in [6.45, 7) is 1.67. The molecule has 0 bridgehead atoms. The Labute approximate surface area is 162 Å². The molecule has 2 N–H and O–H groups in total. The van der Waals surface area contributed by atoms with Gasteiger partial charge in [0.1, 0.15) is 11.2 Å². The number of para-hydroxylation sites is 3. The Hall–Kier alpha value is -3.53. The average Bonchev–Trinajstić information content (AvgIpc) is 3.06. The van der Waals surface area contributed by atoms with Gasteiger partial charge >= 0.3 is 0 Å². The molecule has 140 valence electrons. The van der Waals surface area contributed by atoms with Crippen LogP contribution in [0.4, 0.5) is 11.4 Å². The van der Waals surface area contributed by atoms with E-state index in [1.807, 2.05) is 24.3 Å². The minimum atomic E-state index is -0.580. The molecule has 0 saturated heterocycles. The SMILES string of the molecule is C[C@@H](Sc1nnc2c(n1)[nH]c1ccccc12)C(=O)Nc1ccccc1[N+](=O)[O-]. The van der Waals surface area contributed by atoms with Gasteiger partial charge in [-0.15, -0.1) is 10.2 Å². The summed E-state index contributed by atoms with van der Waals surface area (Å²) < 4.78 is 0. The molecule has 10 heteroatoms. The van der Waals surface area contributed by atoms with Crippen molar-refractivity contribution in [3.05, 3.63) is 58.6 Å². The number of benzene rings is 2. The van der Waals surface area contributed by atoms with Crippen molar-refractivity contribution in [1.29, 1.82) is 0 Å². The fourth-order valence-corrected chi connectivity index (χ4v) is 3.45. The maximum atomic E-state index is 12.5. The lowest BCUT2D eigenvalue weighted by atomic mass is 10.2. The maximum absolute atomic E-state index is 12.5. The first kappa shape index (κ1) is 17.9. The molecular formula is C18H14N6O3S. The van der Waals surface area contributed by atoms with Gasteiger partial charge in [-0.3, -0.25) is 14.9 Å². The molecule has 28 heavy (non-hydrogen) atoms. The molecule has 2 aromatic carbocycles. The molecule has 2 aromatic heterocycles. The number of hydrogen-bond donors (Lipinski definition) is 2. The molecule has 0 saturated carbocycles. The first-order valence-electron chi connectivity index (χ1n) is 8.35. The second kappa shape index (κ2) is 7.24. The summed E-state index contributed by atoms with van der Waals surface area (Å²) in [5.41, 5.74) is 2.14. The number of anilines is 1. The van der Waals surface area contributed by atoms with Gasteiger partial charge in [0.15, 0.2) is 5.65 Å². The van der Waals surface area contributed by atoms with Crippen LogP contribution in [0.15, 0.2) is 53.7 Å². The lowest BCUT2D eigenvalue weighted by molar-refractivity contribution is -0.383. The van der Waals surface area contributed by atoms with E-state index in [1.54, 1.807) is 19.1 Å². The largest absolute Gasteiger partial charge is 0.338 e. The predicted molar refractivity (Wildman–Crippen MR) is 106 cm³/mol. The first-order valence-corrected chi connectivity index (χ1v) is 9.23. The highest BCUT2D eigenvalue weighted by Gasteiger charge is 2.21. The number of aromatic amines is 1. The number of fused-ring (bicyclic) bond motifs is 3. The highest BCUT2D eigenvalue weighted by atomic mass is 32.2. The van der Waals surface area contributed by atoms with Crippen LogP contribution in [-0.4, -0.2) is 36.2 Å². The van der Waals surface area contributed by atoms with Crippen LogP contribution >= 0.6 is 11.8 Å². The van der Waals surface area contributed by atoms with Gasteiger partial charge in [0.25, 0.3) is 5.69 Å². The first-order chi connectivity index (χ1) is 13.5. The number of carbonyl (C=O) groups excluding carboxylic acids is 1. The average molecular weight is 394 g/mol. The number of rotatable bonds is 5. The second-order valence-corrected chi connectivity index (χ2v) is 7.29. The third-order valence-corrected chi connectivity index (χ3v) is 5.06. The van der Waals surface area contributed by atoms with Gasteiger partial charge in [-0.1, -0.05) is 42.1 Å². The second-order valence-electron chi connectivity index (χ2n) is 5.99. The molecule has 2 heterocycles.